The van der Waals surface area contributed by atoms with Gasteiger partial charge < -0.3 is 14.6 Å². The van der Waals surface area contributed by atoms with Crippen LogP contribution in [0.2, 0.25) is 0 Å². The Labute approximate surface area is 120 Å². The maximum Gasteiger partial charge on any atom is 0.226 e. The third kappa shape index (κ3) is 4.07. The lowest BCUT2D eigenvalue weighted by Crippen LogP contribution is -2.29. The fourth-order valence-electron chi connectivity index (χ4n) is 1.92. The SMILES string of the molecule is OCCN(CCO)Cc1coc(-c2ccc(F)c(F)c2)n1. The molecule has 0 atom stereocenters. The predicted molar refractivity (Wildman–Crippen MR) is 71.3 cm³/mol. The van der Waals surface area contributed by atoms with Crippen LogP contribution in [0.4, 0.5) is 8.78 Å². The molecule has 2 N–H and O–H groups in total. The number of nitrogens with zero attached hydrogens (tertiary/aromatic N) is 2. The van der Waals surface area contributed by atoms with E-state index in [0.717, 1.165) is 12.1 Å². The van der Waals surface area contributed by atoms with Crippen LogP contribution in [0, 0.1) is 11.6 Å². The highest BCUT2D eigenvalue weighted by atomic mass is 19.2. The topological polar surface area (TPSA) is 69.7 Å². The summed E-state index contributed by atoms with van der Waals surface area (Å²) in [6.45, 7) is 1.11. The van der Waals surface area contributed by atoms with Crippen molar-refractivity contribution in [2.45, 2.75) is 6.54 Å². The van der Waals surface area contributed by atoms with Crippen molar-refractivity contribution in [1.29, 1.82) is 0 Å². The summed E-state index contributed by atoms with van der Waals surface area (Å²) in [5.41, 5.74) is 0.924. The van der Waals surface area contributed by atoms with E-state index in [1.54, 1.807) is 4.90 Å². The second-order valence-corrected chi connectivity index (χ2v) is 4.50. The van der Waals surface area contributed by atoms with Crippen molar-refractivity contribution in [3.63, 3.8) is 0 Å². The summed E-state index contributed by atoms with van der Waals surface area (Å²) in [6.07, 6.45) is 1.42. The van der Waals surface area contributed by atoms with Crippen LogP contribution in [0.15, 0.2) is 28.9 Å². The van der Waals surface area contributed by atoms with E-state index in [1.165, 1.54) is 12.3 Å². The number of oxazole rings is 1. The second-order valence-electron chi connectivity index (χ2n) is 4.50. The first-order valence-electron chi connectivity index (χ1n) is 6.48. The molecule has 0 spiro atoms. The van der Waals surface area contributed by atoms with Gasteiger partial charge in [-0.15, -0.1) is 0 Å². The zero-order valence-electron chi connectivity index (χ0n) is 11.3. The van der Waals surface area contributed by atoms with E-state index in [-0.39, 0.29) is 19.1 Å². The molecule has 0 aliphatic rings. The summed E-state index contributed by atoms with van der Waals surface area (Å²) < 4.78 is 31.3. The molecule has 0 aliphatic carbocycles. The molecule has 0 amide bonds. The minimum absolute atomic E-state index is 0.0338. The van der Waals surface area contributed by atoms with Crippen molar-refractivity contribution in [3.8, 4) is 11.5 Å². The molecule has 0 aliphatic heterocycles. The molecular weight excluding hydrogens is 282 g/mol. The van der Waals surface area contributed by atoms with Crippen LogP contribution in [0.25, 0.3) is 11.5 Å². The third-order valence-corrected chi connectivity index (χ3v) is 2.94. The molecule has 0 saturated heterocycles. The maximum atomic E-state index is 13.2. The molecule has 0 radical (unpaired) electrons. The first kappa shape index (κ1) is 15.6. The Bertz CT molecular complexity index is 583. The van der Waals surface area contributed by atoms with E-state index >= 15 is 0 Å². The van der Waals surface area contributed by atoms with Crippen LogP contribution in [0.1, 0.15) is 5.69 Å². The number of hydrogen-bond donors (Lipinski definition) is 2. The predicted octanol–water partition coefficient (Wildman–Crippen LogP) is 1.41. The lowest BCUT2D eigenvalue weighted by atomic mass is 10.2. The molecule has 21 heavy (non-hydrogen) atoms. The second kappa shape index (κ2) is 7.26. The number of aliphatic hydroxyl groups is 2. The largest absolute Gasteiger partial charge is 0.444 e. The van der Waals surface area contributed by atoms with Crippen molar-refractivity contribution >= 4 is 0 Å². The molecule has 2 aromatic rings. The summed E-state index contributed by atoms with van der Waals surface area (Å²) in [7, 11) is 0. The number of benzene rings is 1. The Morgan fingerprint density at radius 2 is 1.81 bits per heavy atom. The van der Waals surface area contributed by atoms with Crippen molar-refractivity contribution in [2.75, 3.05) is 26.3 Å². The lowest BCUT2D eigenvalue weighted by Gasteiger charge is -2.18. The highest BCUT2D eigenvalue weighted by Gasteiger charge is 2.12. The Morgan fingerprint density at radius 1 is 1.10 bits per heavy atom. The third-order valence-electron chi connectivity index (χ3n) is 2.94. The van der Waals surface area contributed by atoms with E-state index in [9.17, 15) is 8.78 Å². The van der Waals surface area contributed by atoms with Gasteiger partial charge in [-0.1, -0.05) is 0 Å². The number of aliphatic hydroxyl groups excluding tert-OH is 2. The summed E-state index contributed by atoms with van der Waals surface area (Å²) in [4.78, 5) is 5.99. The van der Waals surface area contributed by atoms with Gasteiger partial charge in [0, 0.05) is 25.2 Å². The molecule has 0 saturated carbocycles. The Morgan fingerprint density at radius 3 is 2.43 bits per heavy atom. The summed E-state index contributed by atoms with van der Waals surface area (Å²) in [6, 6.07) is 3.41. The molecule has 0 bridgehead atoms. The van der Waals surface area contributed by atoms with Gasteiger partial charge in [-0.2, -0.15) is 0 Å². The van der Waals surface area contributed by atoms with Crippen LogP contribution in [0.3, 0.4) is 0 Å². The molecule has 114 valence electrons. The van der Waals surface area contributed by atoms with Crippen LogP contribution >= 0.6 is 0 Å². The fourth-order valence-corrected chi connectivity index (χ4v) is 1.92. The van der Waals surface area contributed by atoms with Crippen LogP contribution in [-0.4, -0.2) is 46.4 Å². The molecule has 2 rings (SSSR count). The highest BCUT2D eigenvalue weighted by Crippen LogP contribution is 2.21. The molecular formula is C14H16F2N2O3. The monoisotopic (exact) mass is 298 g/mol. The normalized spacial score (nSPS) is 11.3. The maximum absolute atomic E-state index is 13.2. The average Bonchev–Trinajstić information content (AvgIpc) is 2.91. The Hall–Kier alpha value is -1.83. The van der Waals surface area contributed by atoms with E-state index in [2.05, 4.69) is 4.98 Å². The molecule has 1 heterocycles. The van der Waals surface area contributed by atoms with Crippen molar-refractivity contribution in [3.05, 3.63) is 41.8 Å². The van der Waals surface area contributed by atoms with Crippen molar-refractivity contribution < 1.29 is 23.4 Å². The van der Waals surface area contributed by atoms with Gasteiger partial charge in [0.15, 0.2) is 11.6 Å². The van der Waals surface area contributed by atoms with Gasteiger partial charge in [-0.3, -0.25) is 4.90 Å². The molecule has 5 nitrogen and oxygen atoms in total. The van der Waals surface area contributed by atoms with Crippen LogP contribution in [0.5, 0.6) is 0 Å². The molecule has 1 aromatic carbocycles. The number of hydrogen-bond acceptors (Lipinski definition) is 5. The van der Waals surface area contributed by atoms with E-state index < -0.39 is 11.6 Å². The van der Waals surface area contributed by atoms with Gasteiger partial charge in [0.1, 0.15) is 6.26 Å². The minimum atomic E-state index is -0.963. The average molecular weight is 298 g/mol. The summed E-state index contributed by atoms with van der Waals surface area (Å²) >= 11 is 0. The fraction of sp³-hybridized carbons (Fsp3) is 0.357. The van der Waals surface area contributed by atoms with Gasteiger partial charge in [0.25, 0.3) is 0 Å². The van der Waals surface area contributed by atoms with E-state index in [0.29, 0.717) is 30.9 Å². The minimum Gasteiger partial charge on any atom is -0.444 e. The van der Waals surface area contributed by atoms with E-state index in [4.69, 9.17) is 14.6 Å². The smallest absolute Gasteiger partial charge is 0.226 e. The highest BCUT2D eigenvalue weighted by molar-refractivity contribution is 5.53. The first-order valence-corrected chi connectivity index (χ1v) is 6.48. The molecule has 1 aromatic heterocycles. The zero-order valence-corrected chi connectivity index (χ0v) is 11.3. The van der Waals surface area contributed by atoms with Crippen molar-refractivity contribution in [1.82, 2.24) is 9.88 Å². The molecule has 7 heteroatoms. The van der Waals surface area contributed by atoms with Crippen LogP contribution in [-0.2, 0) is 6.54 Å². The van der Waals surface area contributed by atoms with E-state index in [1.807, 2.05) is 0 Å². The van der Waals surface area contributed by atoms with Gasteiger partial charge in [0.2, 0.25) is 5.89 Å². The Balaban J connectivity index is 2.11. The van der Waals surface area contributed by atoms with Gasteiger partial charge in [-0.25, -0.2) is 13.8 Å². The zero-order chi connectivity index (χ0) is 15.2. The quantitative estimate of drug-likeness (QED) is 0.809. The Kier molecular flexibility index (Phi) is 5.38. The van der Waals surface area contributed by atoms with Crippen molar-refractivity contribution in [2.24, 2.45) is 0 Å². The number of rotatable bonds is 7. The lowest BCUT2D eigenvalue weighted by molar-refractivity contribution is 0.154. The summed E-state index contributed by atoms with van der Waals surface area (Å²) in [5.74, 6) is -1.70. The summed E-state index contributed by atoms with van der Waals surface area (Å²) in [5, 5.41) is 17.9. The first-order chi connectivity index (χ1) is 10.1. The van der Waals surface area contributed by atoms with Gasteiger partial charge in [0.05, 0.1) is 18.9 Å². The standard InChI is InChI=1S/C14H16F2N2O3/c15-12-2-1-10(7-13(12)16)14-17-11(9-21-14)8-18(3-5-19)4-6-20/h1-2,7,9,19-20H,3-6,8H2. The van der Waals surface area contributed by atoms with Gasteiger partial charge >= 0.3 is 0 Å². The van der Waals surface area contributed by atoms with Gasteiger partial charge in [-0.05, 0) is 18.2 Å². The molecule has 0 fully saturated rings. The van der Waals surface area contributed by atoms with Crippen LogP contribution < -0.4 is 0 Å². The number of aromatic nitrogens is 1. The number of halogens is 2. The molecule has 0 unspecified atom stereocenters.